The minimum Gasteiger partial charge on any atom is -0.332 e. The van der Waals surface area contributed by atoms with E-state index >= 15 is 0 Å². The predicted octanol–water partition coefficient (Wildman–Crippen LogP) is 3.20. The monoisotopic (exact) mass is 362 g/mol. The standard InChI is InChI=1S/C21H22N4O2/c1-15-8-6-10-18(16(15)2)23-20(26)14-24(3)21(27)17-9-4-5-11-19(17)25-13-7-12-22-25/h4-13H,14H2,1-3H3,(H,23,26). The summed E-state index contributed by atoms with van der Waals surface area (Å²) < 4.78 is 1.64. The quantitative estimate of drug-likeness (QED) is 0.758. The highest BCUT2D eigenvalue weighted by Gasteiger charge is 2.19. The Kier molecular flexibility index (Phi) is 5.35. The van der Waals surface area contributed by atoms with E-state index in [1.54, 1.807) is 42.3 Å². The third kappa shape index (κ3) is 4.06. The second-order valence-electron chi connectivity index (χ2n) is 6.42. The first kappa shape index (κ1) is 18.4. The number of amides is 2. The van der Waals surface area contributed by atoms with Crippen molar-refractivity contribution in [2.45, 2.75) is 13.8 Å². The second-order valence-corrected chi connectivity index (χ2v) is 6.42. The normalized spacial score (nSPS) is 10.5. The highest BCUT2D eigenvalue weighted by Crippen LogP contribution is 2.18. The lowest BCUT2D eigenvalue weighted by Crippen LogP contribution is -2.35. The number of likely N-dealkylation sites (N-methyl/N-ethyl adjacent to an activating group) is 1. The number of benzene rings is 2. The van der Waals surface area contributed by atoms with Gasteiger partial charge >= 0.3 is 0 Å². The number of nitrogens with one attached hydrogen (secondary N) is 1. The molecule has 0 atom stereocenters. The number of hydrogen-bond donors (Lipinski definition) is 1. The zero-order chi connectivity index (χ0) is 19.4. The van der Waals surface area contributed by atoms with Gasteiger partial charge in [-0.1, -0.05) is 24.3 Å². The molecular formula is C21H22N4O2. The van der Waals surface area contributed by atoms with Crippen molar-refractivity contribution in [1.82, 2.24) is 14.7 Å². The molecule has 6 heteroatoms. The number of carbonyl (C=O) groups is 2. The molecule has 0 bridgehead atoms. The minimum atomic E-state index is -0.240. The molecular weight excluding hydrogens is 340 g/mol. The van der Waals surface area contributed by atoms with Crippen LogP contribution in [0.2, 0.25) is 0 Å². The Balaban J connectivity index is 1.73. The Bertz CT molecular complexity index is 964. The maximum Gasteiger partial charge on any atom is 0.256 e. The van der Waals surface area contributed by atoms with E-state index in [1.165, 1.54) is 4.90 Å². The van der Waals surface area contributed by atoms with Crippen molar-refractivity contribution in [3.05, 3.63) is 77.6 Å². The van der Waals surface area contributed by atoms with Crippen LogP contribution in [0, 0.1) is 13.8 Å². The smallest absolute Gasteiger partial charge is 0.256 e. The summed E-state index contributed by atoms with van der Waals surface area (Å²) in [6, 6.07) is 14.7. The van der Waals surface area contributed by atoms with E-state index in [4.69, 9.17) is 0 Å². The Morgan fingerprint density at radius 1 is 1.07 bits per heavy atom. The van der Waals surface area contributed by atoms with E-state index < -0.39 is 0 Å². The Morgan fingerprint density at radius 3 is 2.59 bits per heavy atom. The molecule has 0 aliphatic rings. The molecule has 3 aromatic rings. The summed E-state index contributed by atoms with van der Waals surface area (Å²) in [5.74, 6) is -0.478. The van der Waals surface area contributed by atoms with Crippen LogP contribution in [0.4, 0.5) is 5.69 Å². The molecule has 0 fully saturated rings. The summed E-state index contributed by atoms with van der Waals surface area (Å²) in [7, 11) is 1.62. The van der Waals surface area contributed by atoms with Crippen molar-refractivity contribution in [2.24, 2.45) is 0 Å². The Hall–Kier alpha value is -3.41. The van der Waals surface area contributed by atoms with Crippen LogP contribution in [0.25, 0.3) is 5.69 Å². The third-order valence-electron chi connectivity index (χ3n) is 4.49. The molecule has 1 aromatic heterocycles. The van der Waals surface area contributed by atoms with E-state index in [1.807, 2.05) is 44.2 Å². The van der Waals surface area contributed by atoms with Crippen LogP contribution in [0.5, 0.6) is 0 Å². The topological polar surface area (TPSA) is 67.2 Å². The van der Waals surface area contributed by atoms with Crippen molar-refractivity contribution in [1.29, 1.82) is 0 Å². The maximum atomic E-state index is 12.9. The summed E-state index contributed by atoms with van der Waals surface area (Å²) >= 11 is 0. The SMILES string of the molecule is Cc1cccc(NC(=O)CN(C)C(=O)c2ccccc2-n2cccn2)c1C. The number of para-hydroxylation sites is 1. The van der Waals surface area contributed by atoms with Crippen LogP contribution in [0.15, 0.2) is 60.9 Å². The van der Waals surface area contributed by atoms with Gasteiger partial charge in [-0.05, 0) is 49.2 Å². The highest BCUT2D eigenvalue weighted by molar-refractivity contribution is 6.01. The van der Waals surface area contributed by atoms with Gasteiger partial charge in [0.15, 0.2) is 0 Å². The molecule has 2 aromatic carbocycles. The minimum absolute atomic E-state index is 0.0420. The summed E-state index contributed by atoms with van der Waals surface area (Å²) in [6.45, 7) is 3.91. The molecule has 0 saturated carbocycles. The first-order chi connectivity index (χ1) is 13.0. The van der Waals surface area contributed by atoms with Crippen molar-refractivity contribution in [3.63, 3.8) is 0 Å². The Morgan fingerprint density at radius 2 is 1.85 bits per heavy atom. The molecule has 0 aliphatic carbocycles. The maximum absolute atomic E-state index is 12.9. The van der Waals surface area contributed by atoms with E-state index in [2.05, 4.69) is 10.4 Å². The molecule has 0 radical (unpaired) electrons. The molecule has 0 spiro atoms. The molecule has 6 nitrogen and oxygen atoms in total. The average Bonchev–Trinajstić information content (AvgIpc) is 3.19. The number of carbonyl (C=O) groups excluding carboxylic acids is 2. The van der Waals surface area contributed by atoms with Crippen LogP contribution in [-0.2, 0) is 4.79 Å². The molecule has 1 N–H and O–H groups in total. The van der Waals surface area contributed by atoms with Gasteiger partial charge in [0.25, 0.3) is 5.91 Å². The lowest BCUT2D eigenvalue weighted by Gasteiger charge is -2.19. The zero-order valence-electron chi connectivity index (χ0n) is 15.6. The average molecular weight is 362 g/mol. The summed E-state index contributed by atoms with van der Waals surface area (Å²) in [6.07, 6.45) is 3.43. The second kappa shape index (κ2) is 7.86. The fourth-order valence-corrected chi connectivity index (χ4v) is 2.83. The van der Waals surface area contributed by atoms with Crippen molar-refractivity contribution >= 4 is 17.5 Å². The van der Waals surface area contributed by atoms with E-state index in [9.17, 15) is 9.59 Å². The highest BCUT2D eigenvalue weighted by atomic mass is 16.2. The number of aromatic nitrogens is 2. The number of nitrogens with zero attached hydrogens (tertiary/aromatic N) is 3. The van der Waals surface area contributed by atoms with Crippen molar-refractivity contribution < 1.29 is 9.59 Å². The van der Waals surface area contributed by atoms with Gasteiger partial charge in [-0.15, -0.1) is 0 Å². The summed E-state index contributed by atoms with van der Waals surface area (Å²) in [5.41, 5.74) is 4.05. The molecule has 1 heterocycles. The zero-order valence-corrected chi connectivity index (χ0v) is 15.6. The molecule has 3 rings (SSSR count). The summed E-state index contributed by atoms with van der Waals surface area (Å²) in [5, 5.41) is 7.07. The van der Waals surface area contributed by atoms with Gasteiger partial charge in [-0.25, -0.2) is 4.68 Å². The molecule has 0 saturated heterocycles. The van der Waals surface area contributed by atoms with Crippen molar-refractivity contribution in [3.8, 4) is 5.69 Å². The van der Waals surface area contributed by atoms with Gasteiger partial charge < -0.3 is 10.2 Å². The molecule has 2 amide bonds. The van der Waals surface area contributed by atoms with Gasteiger partial charge in [0.2, 0.25) is 5.91 Å². The third-order valence-corrected chi connectivity index (χ3v) is 4.49. The van der Waals surface area contributed by atoms with E-state index in [-0.39, 0.29) is 18.4 Å². The van der Waals surface area contributed by atoms with Gasteiger partial charge in [0.1, 0.15) is 0 Å². The molecule has 0 aliphatic heterocycles. The largest absolute Gasteiger partial charge is 0.332 e. The van der Waals surface area contributed by atoms with Crippen LogP contribution in [0.1, 0.15) is 21.5 Å². The molecule has 27 heavy (non-hydrogen) atoms. The molecule has 0 unspecified atom stereocenters. The number of rotatable bonds is 5. The fraction of sp³-hybridized carbons (Fsp3) is 0.190. The predicted molar refractivity (Wildman–Crippen MR) is 105 cm³/mol. The van der Waals surface area contributed by atoms with Gasteiger partial charge in [0, 0.05) is 25.1 Å². The van der Waals surface area contributed by atoms with Gasteiger partial charge in [-0.3, -0.25) is 9.59 Å². The van der Waals surface area contributed by atoms with Crippen molar-refractivity contribution in [2.75, 3.05) is 18.9 Å². The van der Waals surface area contributed by atoms with Gasteiger partial charge in [-0.2, -0.15) is 5.10 Å². The number of aryl methyl sites for hydroxylation is 1. The lowest BCUT2D eigenvalue weighted by atomic mass is 10.1. The van der Waals surface area contributed by atoms with E-state index in [0.29, 0.717) is 11.3 Å². The van der Waals surface area contributed by atoms with Crippen LogP contribution < -0.4 is 5.32 Å². The molecule has 138 valence electrons. The van der Waals surface area contributed by atoms with Crippen LogP contribution in [0.3, 0.4) is 0 Å². The number of anilines is 1. The fourth-order valence-electron chi connectivity index (χ4n) is 2.83. The lowest BCUT2D eigenvalue weighted by molar-refractivity contribution is -0.116. The summed E-state index contributed by atoms with van der Waals surface area (Å²) in [4.78, 5) is 26.7. The van der Waals surface area contributed by atoms with Gasteiger partial charge in [0.05, 0.1) is 17.8 Å². The first-order valence-electron chi connectivity index (χ1n) is 8.68. The van der Waals surface area contributed by atoms with Crippen LogP contribution >= 0.6 is 0 Å². The number of hydrogen-bond acceptors (Lipinski definition) is 3. The van der Waals surface area contributed by atoms with E-state index in [0.717, 1.165) is 16.8 Å². The van der Waals surface area contributed by atoms with Crippen LogP contribution in [-0.4, -0.2) is 40.1 Å². The Labute approximate surface area is 158 Å². The first-order valence-corrected chi connectivity index (χ1v) is 8.68.